The summed E-state index contributed by atoms with van der Waals surface area (Å²) in [6.45, 7) is 0. The van der Waals surface area contributed by atoms with Crippen LogP contribution in [0.25, 0.3) is 17.4 Å². The Bertz CT molecular complexity index is 1110. The van der Waals surface area contributed by atoms with E-state index in [1.54, 1.807) is 48.5 Å². The highest BCUT2D eigenvalue weighted by Gasteiger charge is 2.37. The van der Waals surface area contributed by atoms with Crippen molar-refractivity contribution in [3.63, 3.8) is 0 Å². The number of rotatable bonds is 4. The molecule has 0 bridgehead atoms. The second-order valence-electron chi connectivity index (χ2n) is 5.87. The molecule has 2 aromatic carbocycles. The molecule has 0 spiro atoms. The fraction of sp³-hybridized carbons (Fsp3) is 0.0476. The first kappa shape index (κ1) is 18.4. The number of halogens is 1. The molecule has 3 aromatic rings. The van der Waals surface area contributed by atoms with Crippen molar-refractivity contribution in [3.05, 3.63) is 76.4 Å². The molecule has 2 amide bonds. The highest BCUT2D eigenvalue weighted by molar-refractivity contribution is 8.19. The number of carbonyl (C=O) groups excluding carboxylic acids is 2. The van der Waals surface area contributed by atoms with Gasteiger partial charge in [-0.3, -0.25) is 9.59 Å². The largest absolute Gasteiger partial charge is 0.495 e. The van der Waals surface area contributed by atoms with E-state index in [0.717, 1.165) is 22.2 Å². The lowest BCUT2D eigenvalue weighted by Gasteiger charge is -2.15. The molecule has 28 heavy (non-hydrogen) atoms. The zero-order chi connectivity index (χ0) is 19.7. The van der Waals surface area contributed by atoms with Gasteiger partial charge in [-0.05, 0) is 48.2 Å². The van der Waals surface area contributed by atoms with E-state index in [4.69, 9.17) is 20.8 Å². The average molecular weight is 412 g/mol. The van der Waals surface area contributed by atoms with Crippen molar-refractivity contribution in [1.29, 1.82) is 0 Å². The number of imide groups is 1. The summed E-state index contributed by atoms with van der Waals surface area (Å²) in [7, 11) is 1.49. The highest BCUT2D eigenvalue weighted by Crippen LogP contribution is 2.40. The molecule has 0 atom stereocenters. The Hall–Kier alpha value is -2.96. The number of anilines is 1. The predicted octanol–water partition coefficient (Wildman–Crippen LogP) is 5.85. The fourth-order valence-electron chi connectivity index (χ4n) is 2.86. The summed E-state index contributed by atoms with van der Waals surface area (Å²) >= 11 is 7.06. The van der Waals surface area contributed by atoms with Crippen molar-refractivity contribution >= 4 is 46.3 Å². The first-order valence-electron chi connectivity index (χ1n) is 8.34. The summed E-state index contributed by atoms with van der Waals surface area (Å²) in [5, 5.41) is 0.179. The molecule has 1 aromatic heterocycles. The molecular weight excluding hydrogens is 398 g/mol. The number of hydrogen-bond acceptors (Lipinski definition) is 5. The van der Waals surface area contributed by atoms with Gasteiger partial charge in [-0.25, -0.2) is 4.90 Å². The van der Waals surface area contributed by atoms with Crippen molar-refractivity contribution in [1.82, 2.24) is 0 Å². The smallest absolute Gasteiger partial charge is 0.298 e. The van der Waals surface area contributed by atoms with Crippen molar-refractivity contribution in [2.75, 3.05) is 12.0 Å². The van der Waals surface area contributed by atoms with E-state index >= 15 is 0 Å². The van der Waals surface area contributed by atoms with Crippen LogP contribution in [0.5, 0.6) is 5.75 Å². The summed E-state index contributed by atoms with van der Waals surface area (Å²) in [6.07, 6.45) is 1.56. The molecule has 1 aliphatic heterocycles. The van der Waals surface area contributed by atoms with Crippen LogP contribution in [0.3, 0.4) is 0 Å². The number of methoxy groups -OCH3 is 1. The summed E-state index contributed by atoms with van der Waals surface area (Å²) in [5.41, 5.74) is 1.16. The predicted molar refractivity (Wildman–Crippen MR) is 111 cm³/mol. The van der Waals surface area contributed by atoms with Crippen molar-refractivity contribution in [3.8, 4) is 17.1 Å². The molecule has 4 rings (SSSR count). The Morgan fingerprint density at radius 1 is 1.04 bits per heavy atom. The standard InChI is InChI=1S/C21H14ClNO4S/c1-26-18-9-5-4-8-16(18)23-20(24)19(28-21(23)25)12-13-10-11-17(27-13)14-6-2-3-7-15(14)22/h2-12H,1H3/b19-12+. The molecule has 1 aliphatic rings. The zero-order valence-corrected chi connectivity index (χ0v) is 16.3. The average Bonchev–Trinajstić information content (AvgIpc) is 3.27. The van der Waals surface area contributed by atoms with Crippen molar-refractivity contribution < 1.29 is 18.7 Å². The van der Waals surface area contributed by atoms with Crippen LogP contribution >= 0.6 is 23.4 Å². The minimum absolute atomic E-state index is 0.274. The van der Waals surface area contributed by atoms with Gasteiger partial charge in [0, 0.05) is 11.6 Å². The molecule has 0 radical (unpaired) electrons. The molecule has 5 nitrogen and oxygen atoms in total. The van der Waals surface area contributed by atoms with Gasteiger partial charge in [0.05, 0.1) is 22.7 Å². The maximum Gasteiger partial charge on any atom is 0.298 e. The Labute approximate surface area is 170 Å². The molecule has 7 heteroatoms. The van der Waals surface area contributed by atoms with E-state index in [1.165, 1.54) is 7.11 Å². The monoisotopic (exact) mass is 411 g/mol. The van der Waals surface area contributed by atoms with Crippen LogP contribution < -0.4 is 9.64 Å². The molecule has 0 N–H and O–H groups in total. The molecule has 0 unspecified atom stereocenters. The Kier molecular flexibility index (Phi) is 4.98. The number of ether oxygens (including phenoxy) is 1. The van der Waals surface area contributed by atoms with Gasteiger partial charge in [0.25, 0.3) is 11.1 Å². The van der Waals surface area contributed by atoms with E-state index in [-0.39, 0.29) is 4.91 Å². The van der Waals surface area contributed by atoms with E-state index in [0.29, 0.717) is 28.0 Å². The number of nitrogens with zero attached hydrogens (tertiary/aromatic N) is 1. The van der Waals surface area contributed by atoms with Crippen LogP contribution in [-0.4, -0.2) is 18.3 Å². The zero-order valence-electron chi connectivity index (χ0n) is 14.7. The summed E-state index contributed by atoms with van der Waals surface area (Å²) < 4.78 is 11.1. The lowest BCUT2D eigenvalue weighted by Crippen LogP contribution is -2.28. The van der Waals surface area contributed by atoms with E-state index in [1.807, 2.05) is 18.2 Å². The molecular formula is C21H14ClNO4S. The lowest BCUT2D eigenvalue weighted by molar-refractivity contribution is -0.113. The van der Waals surface area contributed by atoms with E-state index in [2.05, 4.69) is 0 Å². The van der Waals surface area contributed by atoms with Gasteiger partial charge >= 0.3 is 0 Å². The Morgan fingerprint density at radius 2 is 1.79 bits per heavy atom. The normalized spacial score (nSPS) is 15.5. The van der Waals surface area contributed by atoms with Gasteiger partial charge in [0.2, 0.25) is 0 Å². The number of furan rings is 1. The van der Waals surface area contributed by atoms with Crippen molar-refractivity contribution in [2.45, 2.75) is 0 Å². The quantitative estimate of drug-likeness (QED) is 0.504. The third-order valence-electron chi connectivity index (χ3n) is 4.16. The minimum Gasteiger partial charge on any atom is -0.495 e. The van der Waals surface area contributed by atoms with Gasteiger partial charge < -0.3 is 9.15 Å². The number of amides is 2. The Balaban J connectivity index is 1.64. The van der Waals surface area contributed by atoms with Crippen LogP contribution in [0.1, 0.15) is 5.76 Å². The summed E-state index contributed by atoms with van der Waals surface area (Å²) in [4.78, 5) is 26.6. The number of para-hydroxylation sites is 2. The topological polar surface area (TPSA) is 59.8 Å². The molecule has 1 saturated heterocycles. The lowest BCUT2D eigenvalue weighted by atomic mass is 10.2. The number of hydrogen-bond donors (Lipinski definition) is 0. The van der Waals surface area contributed by atoms with Crippen LogP contribution in [-0.2, 0) is 4.79 Å². The summed E-state index contributed by atoms with van der Waals surface area (Å²) in [6, 6.07) is 17.7. The minimum atomic E-state index is -0.421. The van der Waals surface area contributed by atoms with Crippen LogP contribution in [0.15, 0.2) is 70.0 Å². The number of thioether (sulfide) groups is 1. The molecule has 0 saturated carbocycles. The third kappa shape index (κ3) is 3.32. The second-order valence-corrected chi connectivity index (χ2v) is 7.27. The van der Waals surface area contributed by atoms with Crippen LogP contribution in [0.2, 0.25) is 5.02 Å². The highest BCUT2D eigenvalue weighted by atomic mass is 35.5. The van der Waals surface area contributed by atoms with Crippen LogP contribution in [0.4, 0.5) is 10.5 Å². The summed E-state index contributed by atoms with van der Waals surface area (Å²) in [5.74, 6) is 1.07. The fourth-order valence-corrected chi connectivity index (χ4v) is 3.90. The number of benzene rings is 2. The van der Waals surface area contributed by atoms with Gasteiger partial charge in [-0.15, -0.1) is 0 Å². The molecule has 2 heterocycles. The first-order chi connectivity index (χ1) is 13.6. The van der Waals surface area contributed by atoms with E-state index in [9.17, 15) is 9.59 Å². The molecule has 0 aliphatic carbocycles. The molecule has 140 valence electrons. The molecule has 1 fully saturated rings. The van der Waals surface area contributed by atoms with Gasteiger partial charge in [0.15, 0.2) is 0 Å². The third-order valence-corrected chi connectivity index (χ3v) is 5.36. The van der Waals surface area contributed by atoms with Crippen LogP contribution in [0, 0.1) is 0 Å². The van der Waals surface area contributed by atoms with Gasteiger partial charge in [-0.2, -0.15) is 0 Å². The Morgan fingerprint density at radius 3 is 2.57 bits per heavy atom. The maximum absolute atomic E-state index is 12.8. The number of carbonyl (C=O) groups is 2. The van der Waals surface area contributed by atoms with Gasteiger partial charge in [0.1, 0.15) is 17.3 Å². The van der Waals surface area contributed by atoms with E-state index < -0.39 is 11.1 Å². The first-order valence-corrected chi connectivity index (χ1v) is 9.53. The maximum atomic E-state index is 12.8. The van der Waals surface area contributed by atoms with Crippen molar-refractivity contribution in [2.24, 2.45) is 0 Å². The van der Waals surface area contributed by atoms with Gasteiger partial charge in [-0.1, -0.05) is 35.9 Å². The SMILES string of the molecule is COc1ccccc1N1C(=O)S/C(=C/c2ccc(-c3ccccc3Cl)o2)C1=O. The second kappa shape index (κ2) is 7.58.